The molecule has 0 fully saturated rings. The van der Waals surface area contributed by atoms with Crippen LogP contribution in [-0.4, -0.2) is 23.2 Å². The summed E-state index contributed by atoms with van der Waals surface area (Å²) in [7, 11) is 1.63. The Morgan fingerprint density at radius 3 is 2.86 bits per heavy atom. The van der Waals surface area contributed by atoms with Gasteiger partial charge in [0.25, 0.3) is 0 Å². The Labute approximate surface area is 127 Å². The zero-order valence-corrected chi connectivity index (χ0v) is 12.1. The van der Waals surface area contributed by atoms with Crippen molar-refractivity contribution in [2.75, 3.05) is 18.2 Å². The standard InChI is InChI=1S/C15H16N4O3/c1-21-13-5-3-2-4-12(13)9-6-10(8-11(20)7-9)17-15-14(16)18-22-19-15/h2-5,8-9H,6-7H2,1H3,(H2,16,18)(H,17,19)/t9-/m0/s1. The van der Waals surface area contributed by atoms with Gasteiger partial charge in [-0.15, -0.1) is 0 Å². The van der Waals surface area contributed by atoms with Crippen LogP contribution >= 0.6 is 0 Å². The van der Waals surface area contributed by atoms with Crippen LogP contribution in [-0.2, 0) is 4.79 Å². The Hall–Kier alpha value is -2.83. The molecule has 3 N–H and O–H groups in total. The lowest BCUT2D eigenvalue weighted by Crippen LogP contribution is -2.17. The SMILES string of the molecule is COc1ccccc1[C@@H]1CC(=O)C=C(Nc2nonc2N)C1. The number of hydrogen-bond donors (Lipinski definition) is 2. The molecule has 1 aromatic carbocycles. The highest BCUT2D eigenvalue weighted by Crippen LogP contribution is 2.36. The summed E-state index contributed by atoms with van der Waals surface area (Å²) in [6, 6.07) is 7.72. The number of hydrogen-bond acceptors (Lipinski definition) is 7. The van der Waals surface area contributed by atoms with Crippen LogP contribution in [0.4, 0.5) is 11.6 Å². The van der Waals surface area contributed by atoms with Crippen LogP contribution in [0.5, 0.6) is 5.75 Å². The van der Waals surface area contributed by atoms with Crippen LogP contribution in [0, 0.1) is 0 Å². The number of nitrogens with one attached hydrogen (secondary N) is 1. The van der Waals surface area contributed by atoms with Crippen molar-refractivity contribution in [2.24, 2.45) is 0 Å². The smallest absolute Gasteiger partial charge is 0.219 e. The van der Waals surface area contributed by atoms with Gasteiger partial charge in [-0.25, -0.2) is 4.63 Å². The molecule has 7 nitrogen and oxygen atoms in total. The van der Waals surface area contributed by atoms with Crippen LogP contribution in [0.3, 0.4) is 0 Å². The van der Waals surface area contributed by atoms with Gasteiger partial charge in [-0.1, -0.05) is 18.2 Å². The van der Waals surface area contributed by atoms with Crippen molar-refractivity contribution in [1.82, 2.24) is 10.3 Å². The third-order valence-electron chi connectivity index (χ3n) is 3.62. The molecule has 0 amide bonds. The summed E-state index contributed by atoms with van der Waals surface area (Å²) in [6.07, 6.45) is 2.66. The molecule has 0 saturated carbocycles. The second-order valence-electron chi connectivity index (χ2n) is 5.11. The Morgan fingerprint density at radius 2 is 2.14 bits per heavy atom. The molecule has 0 aliphatic heterocycles. The molecule has 7 heteroatoms. The first-order valence-corrected chi connectivity index (χ1v) is 6.88. The Bertz CT molecular complexity index is 723. The molecule has 2 aromatic rings. The molecular formula is C15H16N4O3. The number of nitrogen functional groups attached to an aromatic ring is 1. The predicted molar refractivity (Wildman–Crippen MR) is 80.4 cm³/mol. The maximum atomic E-state index is 12.0. The third kappa shape index (κ3) is 2.78. The summed E-state index contributed by atoms with van der Waals surface area (Å²) in [5.74, 6) is 1.34. The van der Waals surface area contributed by atoms with E-state index in [0.29, 0.717) is 18.7 Å². The van der Waals surface area contributed by atoms with Gasteiger partial charge in [-0.2, -0.15) is 0 Å². The van der Waals surface area contributed by atoms with E-state index in [1.807, 2.05) is 24.3 Å². The first-order chi connectivity index (χ1) is 10.7. The molecule has 1 heterocycles. The first kappa shape index (κ1) is 14.1. The lowest BCUT2D eigenvalue weighted by Gasteiger charge is -2.24. The van der Waals surface area contributed by atoms with Crippen LogP contribution in [0.1, 0.15) is 24.3 Å². The van der Waals surface area contributed by atoms with E-state index in [4.69, 9.17) is 10.5 Å². The molecule has 1 aromatic heterocycles. The number of allylic oxidation sites excluding steroid dienone is 2. The molecule has 1 aliphatic rings. The summed E-state index contributed by atoms with van der Waals surface area (Å²) >= 11 is 0. The Morgan fingerprint density at radius 1 is 1.32 bits per heavy atom. The fraction of sp³-hybridized carbons (Fsp3) is 0.267. The molecule has 1 aliphatic carbocycles. The summed E-state index contributed by atoms with van der Waals surface area (Å²) < 4.78 is 9.93. The highest BCUT2D eigenvalue weighted by atomic mass is 16.6. The fourth-order valence-electron chi connectivity index (χ4n) is 2.64. The monoisotopic (exact) mass is 300 g/mol. The highest BCUT2D eigenvalue weighted by molar-refractivity contribution is 5.92. The van der Waals surface area contributed by atoms with E-state index in [1.165, 1.54) is 0 Å². The van der Waals surface area contributed by atoms with Crippen LogP contribution in [0.2, 0.25) is 0 Å². The van der Waals surface area contributed by atoms with E-state index in [-0.39, 0.29) is 17.5 Å². The number of benzene rings is 1. The number of para-hydroxylation sites is 1. The van der Waals surface area contributed by atoms with E-state index >= 15 is 0 Å². The van der Waals surface area contributed by atoms with Gasteiger partial charge in [0.05, 0.1) is 7.11 Å². The molecule has 0 unspecified atom stereocenters. The second kappa shape index (κ2) is 5.88. The van der Waals surface area contributed by atoms with Crippen molar-refractivity contribution in [2.45, 2.75) is 18.8 Å². The van der Waals surface area contributed by atoms with E-state index in [0.717, 1.165) is 17.0 Å². The van der Waals surface area contributed by atoms with Crippen LogP contribution < -0.4 is 15.8 Å². The number of carbonyl (C=O) groups is 1. The minimum Gasteiger partial charge on any atom is -0.496 e. The van der Waals surface area contributed by atoms with Crippen molar-refractivity contribution >= 4 is 17.4 Å². The normalized spacial score (nSPS) is 18.0. The average Bonchev–Trinajstić information content (AvgIpc) is 2.92. The number of carbonyl (C=O) groups excluding carboxylic acids is 1. The van der Waals surface area contributed by atoms with Crippen molar-refractivity contribution < 1.29 is 14.2 Å². The summed E-state index contributed by atoms with van der Waals surface area (Å²) in [4.78, 5) is 12.0. The number of methoxy groups -OCH3 is 1. The largest absolute Gasteiger partial charge is 0.496 e. The molecule has 0 bridgehead atoms. The van der Waals surface area contributed by atoms with Gasteiger partial charge in [0, 0.05) is 24.1 Å². The molecule has 3 rings (SSSR count). The van der Waals surface area contributed by atoms with E-state index < -0.39 is 0 Å². The van der Waals surface area contributed by atoms with Gasteiger partial charge in [0.15, 0.2) is 5.78 Å². The maximum Gasteiger partial charge on any atom is 0.219 e. The minimum atomic E-state index is 0.0391. The fourth-order valence-corrected chi connectivity index (χ4v) is 2.64. The topological polar surface area (TPSA) is 103 Å². The van der Waals surface area contributed by atoms with Crippen molar-refractivity contribution in [3.8, 4) is 5.75 Å². The predicted octanol–water partition coefficient (Wildman–Crippen LogP) is 2.10. The number of anilines is 2. The lowest BCUT2D eigenvalue weighted by molar-refractivity contribution is -0.115. The van der Waals surface area contributed by atoms with E-state index in [2.05, 4.69) is 20.3 Å². The van der Waals surface area contributed by atoms with Crippen LogP contribution in [0.15, 0.2) is 40.7 Å². The van der Waals surface area contributed by atoms with Crippen LogP contribution in [0.25, 0.3) is 0 Å². The molecule has 0 radical (unpaired) electrons. The quantitative estimate of drug-likeness (QED) is 0.891. The maximum absolute atomic E-state index is 12.0. The number of nitrogens with two attached hydrogens (primary N) is 1. The zero-order chi connectivity index (χ0) is 15.5. The van der Waals surface area contributed by atoms with Gasteiger partial charge in [-0.05, 0) is 28.4 Å². The first-order valence-electron chi connectivity index (χ1n) is 6.88. The molecular weight excluding hydrogens is 284 g/mol. The average molecular weight is 300 g/mol. The van der Waals surface area contributed by atoms with Crippen molar-refractivity contribution in [3.05, 3.63) is 41.6 Å². The summed E-state index contributed by atoms with van der Waals surface area (Å²) in [6.45, 7) is 0. The Kier molecular flexibility index (Phi) is 3.78. The number of nitrogens with zero attached hydrogens (tertiary/aromatic N) is 2. The molecule has 1 atom stereocenters. The lowest BCUT2D eigenvalue weighted by atomic mass is 9.85. The number of rotatable bonds is 4. The zero-order valence-electron chi connectivity index (χ0n) is 12.1. The van der Waals surface area contributed by atoms with Gasteiger partial charge < -0.3 is 15.8 Å². The number of aromatic nitrogens is 2. The van der Waals surface area contributed by atoms with Crippen molar-refractivity contribution in [3.63, 3.8) is 0 Å². The summed E-state index contributed by atoms with van der Waals surface area (Å²) in [5, 5.41) is 10.2. The minimum absolute atomic E-state index is 0.0391. The number of ketones is 1. The molecule has 22 heavy (non-hydrogen) atoms. The van der Waals surface area contributed by atoms with E-state index in [1.54, 1.807) is 13.2 Å². The molecule has 0 saturated heterocycles. The highest BCUT2D eigenvalue weighted by Gasteiger charge is 2.25. The van der Waals surface area contributed by atoms with Gasteiger partial charge in [0.2, 0.25) is 11.6 Å². The van der Waals surface area contributed by atoms with E-state index in [9.17, 15) is 4.79 Å². The van der Waals surface area contributed by atoms with Gasteiger partial charge in [0.1, 0.15) is 5.75 Å². The summed E-state index contributed by atoms with van der Waals surface area (Å²) in [5.41, 5.74) is 7.36. The Balaban J connectivity index is 1.83. The van der Waals surface area contributed by atoms with Gasteiger partial charge >= 0.3 is 0 Å². The van der Waals surface area contributed by atoms with Gasteiger partial charge in [-0.3, -0.25) is 4.79 Å². The number of ether oxygens (including phenoxy) is 1. The second-order valence-corrected chi connectivity index (χ2v) is 5.11. The van der Waals surface area contributed by atoms with Crippen molar-refractivity contribution in [1.29, 1.82) is 0 Å². The molecule has 0 spiro atoms. The molecule has 114 valence electrons. The third-order valence-corrected chi connectivity index (χ3v) is 3.62.